The van der Waals surface area contributed by atoms with Gasteiger partial charge in [0.1, 0.15) is 11.3 Å². The van der Waals surface area contributed by atoms with Crippen LogP contribution in [0.1, 0.15) is 56.5 Å². The van der Waals surface area contributed by atoms with Crippen LogP contribution in [0.3, 0.4) is 0 Å². The number of hydrogen-bond acceptors (Lipinski definition) is 3. The highest BCUT2D eigenvalue weighted by Gasteiger charge is 2.52. The quantitative estimate of drug-likeness (QED) is 0.886. The Hall–Kier alpha value is -1.85. The molecule has 1 unspecified atom stereocenters. The monoisotopic (exact) mass is 372 g/mol. The summed E-state index contributed by atoms with van der Waals surface area (Å²) < 4.78 is 1.76. The third-order valence-electron chi connectivity index (χ3n) is 5.76. The highest BCUT2D eigenvalue weighted by Crippen LogP contribution is 2.42. The lowest BCUT2D eigenvalue weighted by Crippen LogP contribution is -2.48. The minimum Gasteiger partial charge on any atom is -0.321 e. The largest absolute Gasteiger partial charge is 0.321 e. The number of halogens is 1. The fourth-order valence-corrected chi connectivity index (χ4v) is 4.80. The van der Waals surface area contributed by atoms with Gasteiger partial charge >= 0.3 is 0 Å². The van der Waals surface area contributed by atoms with Crippen molar-refractivity contribution in [1.82, 2.24) is 20.0 Å². The second-order valence-corrected chi connectivity index (χ2v) is 7.68. The lowest BCUT2D eigenvalue weighted by Gasteiger charge is -2.31. The van der Waals surface area contributed by atoms with E-state index in [1.165, 1.54) is 6.42 Å². The fourth-order valence-electron chi connectivity index (χ4n) is 4.42. The van der Waals surface area contributed by atoms with Crippen molar-refractivity contribution < 1.29 is 4.79 Å². The number of carbonyl (C=O) groups excluding carboxylic acids is 1. The van der Waals surface area contributed by atoms with Gasteiger partial charge in [0.2, 0.25) is 5.91 Å². The van der Waals surface area contributed by atoms with Gasteiger partial charge in [-0.15, -0.1) is 0 Å². The summed E-state index contributed by atoms with van der Waals surface area (Å²) in [6.07, 6.45) is 5.00. The molecule has 5 nitrogen and oxygen atoms in total. The molecule has 1 saturated heterocycles. The molecule has 1 aromatic heterocycles. The molecule has 1 atom stereocenters. The van der Waals surface area contributed by atoms with Gasteiger partial charge in [-0.1, -0.05) is 49.1 Å². The van der Waals surface area contributed by atoms with E-state index in [9.17, 15) is 4.79 Å². The normalized spacial score (nSPS) is 22.3. The van der Waals surface area contributed by atoms with E-state index >= 15 is 0 Å². The van der Waals surface area contributed by atoms with Crippen LogP contribution in [-0.2, 0) is 4.79 Å². The lowest BCUT2D eigenvalue weighted by atomic mass is 9.81. The van der Waals surface area contributed by atoms with Crippen LogP contribution < -0.4 is 5.32 Å². The number of hydrogen-bond donors (Lipinski definition) is 1. The van der Waals surface area contributed by atoms with E-state index in [0.29, 0.717) is 11.7 Å². The van der Waals surface area contributed by atoms with Crippen LogP contribution in [0, 0.1) is 6.92 Å². The van der Waals surface area contributed by atoms with Gasteiger partial charge in [0, 0.05) is 12.1 Å². The number of rotatable bonds is 3. The van der Waals surface area contributed by atoms with Crippen molar-refractivity contribution in [2.75, 3.05) is 6.54 Å². The molecule has 4 rings (SSSR count). The molecule has 0 radical (unpaired) electrons. The number of carbonyl (C=O) groups is 1. The smallest absolute Gasteiger partial charge is 0.244 e. The number of benzene rings is 1. The van der Waals surface area contributed by atoms with E-state index in [1.54, 1.807) is 4.68 Å². The molecule has 1 aliphatic carbocycles. The number of nitrogens with one attached hydrogen (secondary N) is 1. The molecule has 1 saturated carbocycles. The number of nitrogens with zero attached hydrogens (tertiary/aromatic N) is 3. The first-order valence-corrected chi connectivity index (χ1v) is 9.84. The van der Waals surface area contributed by atoms with Crippen molar-refractivity contribution in [2.24, 2.45) is 0 Å². The third kappa shape index (κ3) is 2.65. The fraction of sp³-hybridized carbons (Fsp3) is 0.500. The molecule has 1 aromatic carbocycles. The summed E-state index contributed by atoms with van der Waals surface area (Å²) >= 11 is 6.76. The lowest BCUT2D eigenvalue weighted by molar-refractivity contribution is -0.134. The first kappa shape index (κ1) is 17.6. The van der Waals surface area contributed by atoms with Crippen LogP contribution in [0.2, 0.25) is 5.15 Å². The zero-order chi connectivity index (χ0) is 18.3. The molecule has 1 N–H and O–H groups in total. The van der Waals surface area contributed by atoms with Gasteiger partial charge in [0.15, 0.2) is 0 Å². The summed E-state index contributed by atoms with van der Waals surface area (Å²) in [5.74, 6) is 0.215. The molecule has 1 aliphatic heterocycles. The van der Waals surface area contributed by atoms with Crippen molar-refractivity contribution in [1.29, 1.82) is 0 Å². The average molecular weight is 373 g/mol. The predicted molar refractivity (Wildman–Crippen MR) is 102 cm³/mol. The third-order valence-corrected chi connectivity index (χ3v) is 6.13. The van der Waals surface area contributed by atoms with Crippen LogP contribution in [-0.4, -0.2) is 32.7 Å². The zero-order valence-electron chi connectivity index (χ0n) is 15.3. The topological polar surface area (TPSA) is 50.2 Å². The van der Waals surface area contributed by atoms with Crippen molar-refractivity contribution in [3.8, 4) is 5.69 Å². The Kier molecular flexibility index (Phi) is 4.53. The molecule has 0 bridgehead atoms. The molecule has 1 spiro atoms. The zero-order valence-corrected chi connectivity index (χ0v) is 16.1. The van der Waals surface area contributed by atoms with E-state index in [0.717, 1.165) is 42.6 Å². The molecule has 6 heteroatoms. The molecular formula is C20H25ClN4O. The maximum absolute atomic E-state index is 13.2. The van der Waals surface area contributed by atoms with Gasteiger partial charge in [0.25, 0.3) is 0 Å². The Labute approximate surface area is 159 Å². The SMILES string of the molecule is CCN1C(=O)C2(CCCCC2)NC1c1c(C)nn(-c2ccccc2)c1Cl. The van der Waals surface area contributed by atoms with Crippen LogP contribution >= 0.6 is 11.6 Å². The van der Waals surface area contributed by atoms with Crippen molar-refractivity contribution >= 4 is 17.5 Å². The summed E-state index contributed by atoms with van der Waals surface area (Å²) in [5, 5.41) is 8.89. The van der Waals surface area contributed by atoms with E-state index in [4.69, 9.17) is 11.6 Å². The first-order chi connectivity index (χ1) is 12.6. The van der Waals surface area contributed by atoms with Gasteiger partial charge < -0.3 is 4.90 Å². The number of para-hydroxylation sites is 1. The van der Waals surface area contributed by atoms with E-state index < -0.39 is 5.54 Å². The van der Waals surface area contributed by atoms with Gasteiger partial charge in [-0.2, -0.15) is 5.10 Å². The number of aromatic nitrogens is 2. The maximum Gasteiger partial charge on any atom is 0.244 e. The first-order valence-electron chi connectivity index (χ1n) is 9.46. The van der Waals surface area contributed by atoms with Crippen LogP contribution in [0.25, 0.3) is 5.69 Å². The Morgan fingerprint density at radius 3 is 2.58 bits per heavy atom. The van der Waals surface area contributed by atoms with Crippen LogP contribution in [0.4, 0.5) is 0 Å². The van der Waals surface area contributed by atoms with Crippen LogP contribution in [0.5, 0.6) is 0 Å². The van der Waals surface area contributed by atoms with Crippen molar-refractivity contribution in [3.63, 3.8) is 0 Å². The van der Waals surface area contributed by atoms with Crippen molar-refractivity contribution in [3.05, 3.63) is 46.7 Å². The number of aryl methyl sites for hydroxylation is 1. The summed E-state index contributed by atoms with van der Waals surface area (Å²) in [6, 6.07) is 9.87. The molecule has 2 heterocycles. The number of amides is 1. The summed E-state index contributed by atoms with van der Waals surface area (Å²) in [5.41, 5.74) is 2.26. The minimum absolute atomic E-state index is 0.212. The molecule has 2 aliphatic rings. The Bertz CT molecular complexity index is 811. The second-order valence-electron chi connectivity index (χ2n) is 7.32. The summed E-state index contributed by atoms with van der Waals surface area (Å²) in [4.78, 5) is 15.1. The Morgan fingerprint density at radius 2 is 1.92 bits per heavy atom. The molecule has 2 fully saturated rings. The highest BCUT2D eigenvalue weighted by atomic mass is 35.5. The van der Waals surface area contributed by atoms with E-state index in [2.05, 4.69) is 10.4 Å². The second kappa shape index (κ2) is 6.71. The maximum atomic E-state index is 13.2. The Morgan fingerprint density at radius 1 is 1.23 bits per heavy atom. The standard InChI is InChI=1S/C20H25ClN4O/c1-3-24-18(22-20(19(24)26)12-8-5-9-13-20)16-14(2)23-25(17(16)21)15-10-6-4-7-11-15/h4,6-7,10-11,18,22H,3,5,8-9,12-13H2,1-2H3. The molecular weight excluding hydrogens is 348 g/mol. The van der Waals surface area contributed by atoms with Gasteiger partial charge in [-0.05, 0) is 38.8 Å². The van der Waals surface area contributed by atoms with Gasteiger partial charge in [-0.3, -0.25) is 10.1 Å². The van der Waals surface area contributed by atoms with Crippen molar-refractivity contribution in [2.45, 2.75) is 57.7 Å². The van der Waals surface area contributed by atoms with Gasteiger partial charge in [0.05, 0.1) is 16.9 Å². The predicted octanol–water partition coefficient (Wildman–Crippen LogP) is 3.99. The number of likely N-dealkylation sites (N-methyl/N-ethyl adjacent to an activating group) is 1. The van der Waals surface area contributed by atoms with E-state index in [-0.39, 0.29) is 12.1 Å². The molecule has 2 aromatic rings. The Balaban J connectivity index is 1.75. The van der Waals surface area contributed by atoms with E-state index in [1.807, 2.05) is 49.1 Å². The average Bonchev–Trinajstić information content (AvgIpc) is 3.10. The minimum atomic E-state index is -0.427. The molecule has 138 valence electrons. The molecule has 26 heavy (non-hydrogen) atoms. The van der Waals surface area contributed by atoms with Gasteiger partial charge in [-0.25, -0.2) is 4.68 Å². The highest BCUT2D eigenvalue weighted by molar-refractivity contribution is 6.30. The molecule has 1 amide bonds. The summed E-state index contributed by atoms with van der Waals surface area (Å²) in [6.45, 7) is 4.65. The summed E-state index contributed by atoms with van der Waals surface area (Å²) in [7, 11) is 0. The van der Waals surface area contributed by atoms with Crippen LogP contribution in [0.15, 0.2) is 30.3 Å².